The van der Waals surface area contributed by atoms with Gasteiger partial charge in [0.15, 0.2) is 5.96 Å². The van der Waals surface area contributed by atoms with Crippen molar-refractivity contribution in [1.29, 1.82) is 0 Å². The number of guanidine groups is 1. The van der Waals surface area contributed by atoms with Gasteiger partial charge in [-0.05, 0) is 37.5 Å². The van der Waals surface area contributed by atoms with Crippen LogP contribution >= 0.6 is 27.5 Å². The number of hydrogen-bond acceptors (Lipinski definition) is 2. The average Bonchev–Trinajstić information content (AvgIpc) is 3.05. The van der Waals surface area contributed by atoms with Gasteiger partial charge in [0.25, 0.3) is 0 Å². The van der Waals surface area contributed by atoms with Crippen LogP contribution in [-0.2, 0) is 11.3 Å². The van der Waals surface area contributed by atoms with Crippen LogP contribution in [0.4, 0.5) is 0 Å². The van der Waals surface area contributed by atoms with Crippen molar-refractivity contribution < 1.29 is 4.79 Å². The van der Waals surface area contributed by atoms with Gasteiger partial charge in [0.2, 0.25) is 5.91 Å². The lowest BCUT2D eigenvalue weighted by Crippen LogP contribution is -2.44. The predicted octanol–water partition coefficient (Wildman–Crippen LogP) is 2.78. The number of hydrogen-bond donors (Lipinski definition) is 2. The number of benzene rings is 1. The van der Waals surface area contributed by atoms with Crippen molar-refractivity contribution in [3.63, 3.8) is 0 Å². The van der Waals surface area contributed by atoms with Crippen LogP contribution < -0.4 is 10.6 Å². The van der Waals surface area contributed by atoms with E-state index in [1.165, 1.54) is 0 Å². The zero-order valence-corrected chi connectivity index (χ0v) is 15.6. The Bertz CT molecular complexity index is 573. The van der Waals surface area contributed by atoms with E-state index in [1.807, 2.05) is 30.0 Å². The van der Waals surface area contributed by atoms with Crippen molar-refractivity contribution >= 4 is 39.4 Å². The molecule has 5 nitrogen and oxygen atoms in total. The molecule has 0 atom stereocenters. The van der Waals surface area contributed by atoms with E-state index >= 15 is 0 Å². The van der Waals surface area contributed by atoms with Crippen LogP contribution in [0.3, 0.4) is 0 Å². The second-order valence-electron chi connectivity index (χ2n) is 5.37. The molecule has 2 rings (SSSR count). The Hall–Kier alpha value is -1.27. The molecular formula is C16H22BrClN4O. The van der Waals surface area contributed by atoms with Gasteiger partial charge >= 0.3 is 0 Å². The van der Waals surface area contributed by atoms with Gasteiger partial charge in [-0.15, -0.1) is 0 Å². The van der Waals surface area contributed by atoms with Gasteiger partial charge in [-0.1, -0.05) is 33.6 Å². The van der Waals surface area contributed by atoms with E-state index in [2.05, 4.69) is 31.6 Å². The van der Waals surface area contributed by atoms with Gasteiger partial charge in [-0.3, -0.25) is 4.79 Å². The number of rotatable bonds is 5. The third-order valence-electron chi connectivity index (χ3n) is 3.63. The molecule has 23 heavy (non-hydrogen) atoms. The molecular weight excluding hydrogens is 380 g/mol. The maximum absolute atomic E-state index is 12.1. The van der Waals surface area contributed by atoms with Crippen LogP contribution in [-0.4, -0.2) is 42.9 Å². The largest absolute Gasteiger partial charge is 0.357 e. The Morgan fingerprint density at radius 2 is 2.09 bits per heavy atom. The maximum atomic E-state index is 12.1. The minimum Gasteiger partial charge on any atom is -0.357 e. The smallest absolute Gasteiger partial charge is 0.241 e. The molecule has 0 aromatic heterocycles. The standard InChI is InChI=1S/C16H22BrClN4O/c1-2-19-16(21-11-15(23)22-7-3-4-8-22)20-10-12-5-6-13(17)9-14(12)18/h5-6,9H,2-4,7-8,10-11H2,1H3,(H2,19,20,21). The molecule has 1 saturated heterocycles. The number of nitrogens with zero attached hydrogens (tertiary/aromatic N) is 2. The molecule has 1 amide bonds. The minimum absolute atomic E-state index is 0.120. The highest BCUT2D eigenvalue weighted by Crippen LogP contribution is 2.21. The summed E-state index contributed by atoms with van der Waals surface area (Å²) < 4.78 is 0.941. The molecule has 1 heterocycles. The summed E-state index contributed by atoms with van der Waals surface area (Å²) >= 11 is 9.59. The first-order valence-electron chi connectivity index (χ1n) is 7.84. The zero-order valence-electron chi connectivity index (χ0n) is 13.2. The van der Waals surface area contributed by atoms with Crippen LogP contribution in [0.15, 0.2) is 27.7 Å². The third kappa shape index (κ3) is 5.70. The number of amides is 1. The number of aliphatic imine (C=N–C) groups is 1. The van der Waals surface area contributed by atoms with Crippen LogP contribution in [0, 0.1) is 0 Å². The molecule has 0 unspecified atom stereocenters. The maximum Gasteiger partial charge on any atom is 0.241 e. The van der Waals surface area contributed by atoms with Crippen molar-refractivity contribution in [2.75, 3.05) is 26.2 Å². The van der Waals surface area contributed by atoms with Crippen LogP contribution in [0.5, 0.6) is 0 Å². The second-order valence-corrected chi connectivity index (χ2v) is 6.70. The molecule has 7 heteroatoms. The van der Waals surface area contributed by atoms with Crippen molar-refractivity contribution in [2.45, 2.75) is 26.3 Å². The Labute approximate surface area is 150 Å². The fourth-order valence-corrected chi connectivity index (χ4v) is 3.13. The third-order valence-corrected chi connectivity index (χ3v) is 4.48. The first-order chi connectivity index (χ1) is 11.1. The Balaban J connectivity index is 1.92. The average molecular weight is 402 g/mol. The van der Waals surface area contributed by atoms with Gasteiger partial charge < -0.3 is 15.5 Å². The summed E-state index contributed by atoms with van der Waals surface area (Å²) in [4.78, 5) is 18.5. The van der Waals surface area contributed by atoms with E-state index in [4.69, 9.17) is 11.6 Å². The molecule has 1 fully saturated rings. The molecule has 0 radical (unpaired) electrons. The second kappa shape index (κ2) is 9.13. The van der Waals surface area contributed by atoms with Gasteiger partial charge in [0.05, 0.1) is 13.1 Å². The highest BCUT2D eigenvalue weighted by atomic mass is 79.9. The topological polar surface area (TPSA) is 56.7 Å². The highest BCUT2D eigenvalue weighted by molar-refractivity contribution is 9.10. The number of carbonyl (C=O) groups excluding carboxylic acids is 1. The molecule has 0 saturated carbocycles. The van der Waals surface area contributed by atoms with Gasteiger partial charge in [-0.2, -0.15) is 0 Å². The molecule has 1 aromatic carbocycles. The highest BCUT2D eigenvalue weighted by Gasteiger charge is 2.17. The number of nitrogens with one attached hydrogen (secondary N) is 2. The van der Waals surface area contributed by atoms with Crippen molar-refractivity contribution in [1.82, 2.24) is 15.5 Å². The lowest BCUT2D eigenvalue weighted by molar-refractivity contribution is -0.128. The van der Waals surface area contributed by atoms with Gasteiger partial charge in [0, 0.05) is 29.1 Å². The van der Waals surface area contributed by atoms with Crippen molar-refractivity contribution in [2.24, 2.45) is 4.99 Å². The molecule has 126 valence electrons. The summed E-state index contributed by atoms with van der Waals surface area (Å²) in [6.45, 7) is 5.18. The molecule has 2 N–H and O–H groups in total. The first-order valence-corrected chi connectivity index (χ1v) is 9.01. The fourth-order valence-electron chi connectivity index (χ4n) is 2.39. The number of carbonyl (C=O) groups is 1. The predicted molar refractivity (Wildman–Crippen MR) is 97.8 cm³/mol. The SMILES string of the molecule is CCNC(=NCc1ccc(Br)cc1Cl)NCC(=O)N1CCCC1. The monoisotopic (exact) mass is 400 g/mol. The summed E-state index contributed by atoms with van der Waals surface area (Å²) in [5.41, 5.74) is 0.943. The normalized spacial score (nSPS) is 14.9. The number of halogens is 2. The number of likely N-dealkylation sites (tertiary alicyclic amines) is 1. The van der Waals surface area contributed by atoms with E-state index in [0.717, 1.165) is 42.5 Å². The van der Waals surface area contributed by atoms with Crippen molar-refractivity contribution in [3.05, 3.63) is 33.3 Å². The zero-order chi connectivity index (χ0) is 16.7. The van der Waals surface area contributed by atoms with Crippen molar-refractivity contribution in [3.8, 4) is 0 Å². The minimum atomic E-state index is 0.120. The van der Waals surface area contributed by atoms with Crippen LogP contribution in [0.2, 0.25) is 5.02 Å². The van der Waals surface area contributed by atoms with Crippen LogP contribution in [0.1, 0.15) is 25.3 Å². The molecule has 0 bridgehead atoms. The van der Waals surface area contributed by atoms with Gasteiger partial charge in [-0.25, -0.2) is 4.99 Å². The molecule has 0 aliphatic carbocycles. The summed E-state index contributed by atoms with van der Waals surface area (Å²) in [5.74, 6) is 0.744. The van der Waals surface area contributed by atoms with Crippen LogP contribution in [0.25, 0.3) is 0 Å². The first kappa shape index (κ1) is 18.1. The fraction of sp³-hybridized carbons (Fsp3) is 0.500. The molecule has 0 spiro atoms. The Kier molecular flexibility index (Phi) is 7.17. The lowest BCUT2D eigenvalue weighted by Gasteiger charge is -2.17. The van der Waals surface area contributed by atoms with E-state index in [1.54, 1.807) is 0 Å². The molecule has 1 aliphatic rings. The summed E-state index contributed by atoms with van der Waals surface area (Å²) in [6.07, 6.45) is 2.20. The van der Waals surface area contributed by atoms with E-state index in [0.29, 0.717) is 17.5 Å². The molecule has 1 aromatic rings. The lowest BCUT2D eigenvalue weighted by atomic mass is 10.2. The van der Waals surface area contributed by atoms with E-state index < -0.39 is 0 Å². The Morgan fingerprint density at radius 1 is 1.35 bits per heavy atom. The molecule has 1 aliphatic heterocycles. The quantitative estimate of drug-likeness (QED) is 0.589. The Morgan fingerprint density at radius 3 is 2.74 bits per heavy atom. The van der Waals surface area contributed by atoms with E-state index in [-0.39, 0.29) is 12.5 Å². The van der Waals surface area contributed by atoms with E-state index in [9.17, 15) is 4.79 Å². The summed E-state index contributed by atoms with van der Waals surface area (Å²) in [7, 11) is 0. The summed E-state index contributed by atoms with van der Waals surface area (Å²) in [6, 6.07) is 5.73. The summed E-state index contributed by atoms with van der Waals surface area (Å²) in [5, 5.41) is 6.91. The van der Waals surface area contributed by atoms with Gasteiger partial charge in [0.1, 0.15) is 0 Å².